The molecule has 1 atom stereocenters. The second kappa shape index (κ2) is 4.90. The van der Waals surface area contributed by atoms with Crippen LogP contribution >= 0.6 is 27.7 Å². The van der Waals surface area contributed by atoms with Crippen LogP contribution in [-0.4, -0.2) is 17.0 Å². The molecule has 66 valence electrons. The molecule has 0 saturated carbocycles. The molecule has 0 aliphatic rings. The lowest BCUT2D eigenvalue weighted by atomic mass is 10.4. The molecule has 0 aliphatic heterocycles. The van der Waals surface area contributed by atoms with Crippen LogP contribution in [0.15, 0.2) is 33.6 Å². The number of aliphatic hydroxyl groups excluding tert-OH is 1. The SMILES string of the molecule is CC(CO)Sc1ccc(Br)cc1. The van der Waals surface area contributed by atoms with Crippen molar-refractivity contribution in [2.45, 2.75) is 17.1 Å². The maximum atomic E-state index is 8.82. The van der Waals surface area contributed by atoms with Gasteiger partial charge < -0.3 is 5.11 Å². The lowest BCUT2D eigenvalue weighted by Crippen LogP contribution is -2.00. The highest BCUT2D eigenvalue weighted by atomic mass is 79.9. The van der Waals surface area contributed by atoms with Crippen LogP contribution < -0.4 is 0 Å². The standard InChI is InChI=1S/C9H11BrOS/c1-7(6-11)12-9-4-2-8(10)3-5-9/h2-5,7,11H,6H2,1H3. The lowest BCUT2D eigenvalue weighted by molar-refractivity contribution is 0.300. The average Bonchev–Trinajstić information content (AvgIpc) is 2.09. The van der Waals surface area contributed by atoms with Crippen LogP contribution in [0.2, 0.25) is 0 Å². The summed E-state index contributed by atoms with van der Waals surface area (Å²) in [6.07, 6.45) is 0. The summed E-state index contributed by atoms with van der Waals surface area (Å²) in [6, 6.07) is 8.10. The molecule has 0 heterocycles. The van der Waals surface area contributed by atoms with Gasteiger partial charge in [-0.2, -0.15) is 0 Å². The molecule has 0 radical (unpaired) electrons. The van der Waals surface area contributed by atoms with Crippen molar-refractivity contribution in [1.29, 1.82) is 0 Å². The van der Waals surface area contributed by atoms with Crippen LogP contribution in [0.5, 0.6) is 0 Å². The van der Waals surface area contributed by atoms with Crippen molar-refractivity contribution >= 4 is 27.7 Å². The maximum Gasteiger partial charge on any atom is 0.0550 e. The number of aliphatic hydroxyl groups is 1. The zero-order valence-corrected chi connectivity index (χ0v) is 9.23. The smallest absolute Gasteiger partial charge is 0.0550 e. The van der Waals surface area contributed by atoms with Crippen molar-refractivity contribution in [3.63, 3.8) is 0 Å². The number of thioether (sulfide) groups is 1. The molecular formula is C9H11BrOS. The van der Waals surface area contributed by atoms with Gasteiger partial charge in [0.15, 0.2) is 0 Å². The highest BCUT2D eigenvalue weighted by Gasteiger charge is 2.01. The number of rotatable bonds is 3. The molecule has 0 saturated heterocycles. The molecule has 0 fully saturated rings. The molecule has 0 aromatic heterocycles. The fourth-order valence-electron chi connectivity index (χ4n) is 0.783. The zero-order chi connectivity index (χ0) is 8.97. The Balaban J connectivity index is 2.58. The molecule has 1 aromatic carbocycles. The Morgan fingerprint density at radius 1 is 1.42 bits per heavy atom. The first-order valence-electron chi connectivity index (χ1n) is 3.75. The third kappa shape index (κ3) is 3.17. The Labute approximate surface area is 85.3 Å². The summed E-state index contributed by atoms with van der Waals surface area (Å²) in [7, 11) is 0. The van der Waals surface area contributed by atoms with Gasteiger partial charge in [-0.15, -0.1) is 11.8 Å². The van der Waals surface area contributed by atoms with Crippen molar-refractivity contribution in [3.8, 4) is 0 Å². The number of benzene rings is 1. The molecule has 1 N–H and O–H groups in total. The highest BCUT2D eigenvalue weighted by Crippen LogP contribution is 2.24. The summed E-state index contributed by atoms with van der Waals surface area (Å²) in [4.78, 5) is 1.19. The maximum absolute atomic E-state index is 8.82. The molecule has 0 aliphatic carbocycles. The second-order valence-corrected chi connectivity index (χ2v) is 4.99. The predicted octanol–water partition coefficient (Wildman–Crippen LogP) is 2.92. The Kier molecular flexibility index (Phi) is 4.12. The molecule has 1 aromatic rings. The van der Waals surface area contributed by atoms with Crippen molar-refractivity contribution < 1.29 is 5.11 Å². The predicted molar refractivity (Wildman–Crippen MR) is 56.5 cm³/mol. The van der Waals surface area contributed by atoms with Crippen LogP contribution in [-0.2, 0) is 0 Å². The summed E-state index contributed by atoms with van der Waals surface area (Å²) >= 11 is 5.05. The molecule has 1 rings (SSSR count). The largest absolute Gasteiger partial charge is 0.395 e. The minimum absolute atomic E-state index is 0.223. The molecule has 12 heavy (non-hydrogen) atoms. The van der Waals surface area contributed by atoms with Crippen LogP contribution in [0.4, 0.5) is 0 Å². The first kappa shape index (κ1) is 10.1. The second-order valence-electron chi connectivity index (χ2n) is 2.56. The summed E-state index contributed by atoms with van der Waals surface area (Å²) < 4.78 is 1.09. The first-order valence-corrected chi connectivity index (χ1v) is 5.42. The van der Waals surface area contributed by atoms with Gasteiger partial charge in [0.25, 0.3) is 0 Å². The van der Waals surface area contributed by atoms with E-state index in [9.17, 15) is 0 Å². The van der Waals surface area contributed by atoms with Crippen LogP contribution in [0.3, 0.4) is 0 Å². The molecule has 0 spiro atoms. The number of hydrogen-bond donors (Lipinski definition) is 1. The van der Waals surface area contributed by atoms with Crippen molar-refractivity contribution in [2.75, 3.05) is 6.61 Å². The quantitative estimate of drug-likeness (QED) is 0.829. The molecule has 3 heteroatoms. The van der Waals surface area contributed by atoms with Crippen molar-refractivity contribution in [3.05, 3.63) is 28.7 Å². The first-order chi connectivity index (χ1) is 5.72. The lowest BCUT2D eigenvalue weighted by Gasteiger charge is -2.06. The van der Waals surface area contributed by atoms with E-state index in [4.69, 9.17) is 5.11 Å². The van der Waals surface area contributed by atoms with Crippen LogP contribution in [0, 0.1) is 0 Å². The van der Waals surface area contributed by atoms with E-state index in [0.717, 1.165) is 4.47 Å². The molecular weight excluding hydrogens is 236 g/mol. The van der Waals surface area contributed by atoms with E-state index in [0.29, 0.717) is 0 Å². The van der Waals surface area contributed by atoms with E-state index in [2.05, 4.69) is 15.9 Å². The van der Waals surface area contributed by atoms with Gasteiger partial charge in [0.05, 0.1) is 6.61 Å². The molecule has 0 amide bonds. The molecule has 1 nitrogen and oxygen atoms in total. The molecule has 1 unspecified atom stereocenters. The Morgan fingerprint density at radius 2 is 2.00 bits per heavy atom. The van der Waals surface area contributed by atoms with Gasteiger partial charge in [-0.3, -0.25) is 0 Å². The zero-order valence-electron chi connectivity index (χ0n) is 6.83. The minimum atomic E-state index is 0.223. The summed E-state index contributed by atoms with van der Waals surface area (Å²) in [5, 5.41) is 9.09. The van der Waals surface area contributed by atoms with Gasteiger partial charge in [-0.05, 0) is 24.3 Å². The number of halogens is 1. The van der Waals surface area contributed by atoms with Gasteiger partial charge in [0.1, 0.15) is 0 Å². The van der Waals surface area contributed by atoms with Gasteiger partial charge >= 0.3 is 0 Å². The summed E-state index contributed by atoms with van der Waals surface area (Å²) in [5.74, 6) is 0. The monoisotopic (exact) mass is 246 g/mol. The van der Waals surface area contributed by atoms with Gasteiger partial charge in [-0.25, -0.2) is 0 Å². The number of hydrogen-bond acceptors (Lipinski definition) is 2. The van der Waals surface area contributed by atoms with E-state index in [-0.39, 0.29) is 11.9 Å². The third-order valence-electron chi connectivity index (χ3n) is 1.41. The minimum Gasteiger partial charge on any atom is -0.395 e. The van der Waals surface area contributed by atoms with Crippen molar-refractivity contribution in [2.24, 2.45) is 0 Å². The van der Waals surface area contributed by atoms with E-state index < -0.39 is 0 Å². The van der Waals surface area contributed by atoms with E-state index in [1.165, 1.54) is 4.90 Å². The topological polar surface area (TPSA) is 20.2 Å². The van der Waals surface area contributed by atoms with Crippen LogP contribution in [0.25, 0.3) is 0 Å². The summed E-state index contributed by atoms with van der Waals surface area (Å²) in [6.45, 7) is 2.23. The van der Waals surface area contributed by atoms with Gasteiger partial charge in [-0.1, -0.05) is 22.9 Å². The normalized spacial score (nSPS) is 12.9. The fraction of sp³-hybridized carbons (Fsp3) is 0.333. The van der Waals surface area contributed by atoms with E-state index >= 15 is 0 Å². The van der Waals surface area contributed by atoms with E-state index in [1.54, 1.807) is 11.8 Å². The highest BCUT2D eigenvalue weighted by molar-refractivity contribution is 9.10. The Morgan fingerprint density at radius 3 is 2.50 bits per heavy atom. The van der Waals surface area contributed by atoms with E-state index in [1.807, 2.05) is 31.2 Å². The average molecular weight is 247 g/mol. The molecule has 0 bridgehead atoms. The summed E-state index contributed by atoms with van der Waals surface area (Å²) in [5.41, 5.74) is 0. The Hall–Kier alpha value is 0.01000. The Bertz CT molecular complexity index is 235. The third-order valence-corrected chi connectivity index (χ3v) is 3.03. The van der Waals surface area contributed by atoms with Crippen molar-refractivity contribution in [1.82, 2.24) is 0 Å². The van der Waals surface area contributed by atoms with Crippen LogP contribution in [0.1, 0.15) is 6.92 Å². The van der Waals surface area contributed by atoms with Gasteiger partial charge in [0.2, 0.25) is 0 Å². The fourth-order valence-corrected chi connectivity index (χ4v) is 1.88. The van der Waals surface area contributed by atoms with Gasteiger partial charge in [0, 0.05) is 14.6 Å².